The molecular formula is C17H19N2O8+. The maximum atomic E-state index is 12.2. The zero-order chi connectivity index (χ0) is 19.7. The number of hydroxylamine groups is 4. The highest BCUT2D eigenvalue weighted by atomic mass is 17.0. The second-order valence-electron chi connectivity index (χ2n) is 6.49. The molecule has 1 aromatic carbocycles. The van der Waals surface area contributed by atoms with Crippen LogP contribution in [-0.2, 0) is 30.6 Å². The van der Waals surface area contributed by atoms with Crippen LogP contribution >= 0.6 is 0 Å². The lowest BCUT2D eigenvalue weighted by molar-refractivity contribution is -1.12. The summed E-state index contributed by atoms with van der Waals surface area (Å²) in [6, 6.07) is 8.97. The minimum Gasteiger partial charge on any atom is -0.445 e. The van der Waals surface area contributed by atoms with Crippen molar-refractivity contribution in [1.29, 1.82) is 0 Å². The van der Waals surface area contributed by atoms with Gasteiger partial charge in [0, 0.05) is 13.0 Å². The van der Waals surface area contributed by atoms with Crippen LogP contribution in [-0.4, -0.2) is 62.6 Å². The van der Waals surface area contributed by atoms with Crippen LogP contribution in [0.5, 0.6) is 0 Å². The summed E-state index contributed by atoms with van der Waals surface area (Å²) >= 11 is 0. The first kappa shape index (κ1) is 19.0. The minimum absolute atomic E-state index is 0.00649. The highest BCUT2D eigenvalue weighted by molar-refractivity contribution is 5.92. The van der Waals surface area contributed by atoms with Gasteiger partial charge in [0.2, 0.25) is 0 Å². The van der Waals surface area contributed by atoms with E-state index in [0.29, 0.717) is 0 Å². The molecule has 1 unspecified atom stereocenters. The van der Waals surface area contributed by atoms with E-state index in [9.17, 15) is 29.5 Å². The zero-order valence-electron chi connectivity index (χ0n) is 14.4. The van der Waals surface area contributed by atoms with Crippen LogP contribution in [0, 0.1) is 0 Å². The van der Waals surface area contributed by atoms with E-state index in [2.05, 4.69) is 4.84 Å². The molecule has 2 saturated heterocycles. The molecule has 0 aromatic heterocycles. The summed E-state index contributed by atoms with van der Waals surface area (Å²) in [7, 11) is 0. The largest absolute Gasteiger partial charge is 0.445 e. The molecule has 0 spiro atoms. The van der Waals surface area contributed by atoms with Crippen molar-refractivity contribution in [2.75, 3.05) is 13.1 Å². The Balaban J connectivity index is 1.58. The molecule has 3 amide bonds. The molecule has 0 radical (unpaired) electrons. The van der Waals surface area contributed by atoms with Gasteiger partial charge in [-0.3, -0.25) is 0 Å². The Bertz CT molecular complexity index is 764. The van der Waals surface area contributed by atoms with Crippen LogP contribution in [0.15, 0.2) is 30.3 Å². The van der Waals surface area contributed by atoms with E-state index < -0.39 is 40.8 Å². The Hall–Kier alpha value is -2.82. The van der Waals surface area contributed by atoms with Crippen molar-refractivity contribution in [3.8, 4) is 0 Å². The molecule has 10 heteroatoms. The highest BCUT2D eigenvalue weighted by Crippen LogP contribution is 2.28. The monoisotopic (exact) mass is 379 g/mol. The first-order valence-corrected chi connectivity index (χ1v) is 8.35. The Morgan fingerprint density at radius 1 is 1.15 bits per heavy atom. The number of nitrogens with zero attached hydrogens (tertiary/aromatic N) is 2. The van der Waals surface area contributed by atoms with Crippen LogP contribution in [0.25, 0.3) is 0 Å². The second-order valence-corrected chi connectivity index (χ2v) is 6.49. The number of hydrogen-bond acceptors (Lipinski definition) is 8. The molecule has 2 aliphatic rings. The quantitative estimate of drug-likeness (QED) is 0.433. The Morgan fingerprint density at radius 2 is 1.78 bits per heavy atom. The summed E-state index contributed by atoms with van der Waals surface area (Å²) in [6.45, 7) is -0.410. The number of carbonyl (C=O) groups is 4. The first-order valence-electron chi connectivity index (χ1n) is 8.35. The van der Waals surface area contributed by atoms with E-state index >= 15 is 0 Å². The van der Waals surface area contributed by atoms with E-state index in [0.717, 1.165) is 10.5 Å². The van der Waals surface area contributed by atoms with Gasteiger partial charge >= 0.3 is 23.9 Å². The van der Waals surface area contributed by atoms with Crippen molar-refractivity contribution in [1.82, 2.24) is 4.90 Å². The summed E-state index contributed by atoms with van der Waals surface area (Å²) in [6.07, 6.45) is -1.45. The third-order valence-corrected chi connectivity index (χ3v) is 4.53. The molecule has 1 atom stereocenters. The topological polar surface area (TPSA) is 130 Å². The fraction of sp³-hybridized carbons (Fsp3) is 0.412. The Kier molecular flexibility index (Phi) is 4.96. The average molecular weight is 379 g/mol. The number of benzene rings is 1. The van der Waals surface area contributed by atoms with Gasteiger partial charge in [-0.05, 0) is 5.56 Å². The minimum atomic E-state index is -2.15. The number of ether oxygens (including phenoxy) is 1. The van der Waals surface area contributed by atoms with E-state index in [1.807, 2.05) is 6.07 Å². The fourth-order valence-electron chi connectivity index (χ4n) is 2.89. The molecular weight excluding hydrogens is 360 g/mol. The van der Waals surface area contributed by atoms with Crippen LogP contribution in [0.1, 0.15) is 24.8 Å². The molecule has 0 saturated carbocycles. The van der Waals surface area contributed by atoms with Crippen molar-refractivity contribution in [3.05, 3.63) is 35.9 Å². The third-order valence-electron chi connectivity index (χ3n) is 4.53. The number of β-amino-alcohol motifs (C(OH)–C–C–N with tert-alkyl or cyclic N) is 1. The summed E-state index contributed by atoms with van der Waals surface area (Å²) in [5, 5.41) is 20.4. The molecule has 0 aliphatic carbocycles. The van der Waals surface area contributed by atoms with Gasteiger partial charge in [-0.25, -0.2) is 24.0 Å². The molecule has 144 valence electrons. The molecule has 1 aromatic rings. The number of carbonyl (C=O) groups excluding carboxylic acids is 4. The average Bonchev–Trinajstić information content (AvgIpc) is 3.18. The van der Waals surface area contributed by atoms with Crippen LogP contribution in [0.2, 0.25) is 0 Å². The zero-order valence-corrected chi connectivity index (χ0v) is 14.4. The summed E-state index contributed by atoms with van der Waals surface area (Å²) in [5.74, 6) is -3.34. The lowest BCUT2D eigenvalue weighted by Crippen LogP contribution is -2.55. The van der Waals surface area contributed by atoms with Gasteiger partial charge < -0.3 is 14.7 Å². The maximum absolute atomic E-state index is 12.2. The van der Waals surface area contributed by atoms with Crippen LogP contribution < -0.4 is 0 Å². The summed E-state index contributed by atoms with van der Waals surface area (Å²) in [5.41, 5.74) is -1.37. The third kappa shape index (κ3) is 3.68. The van der Waals surface area contributed by atoms with Crippen LogP contribution in [0.4, 0.5) is 4.79 Å². The number of rotatable bonds is 4. The SMILES string of the molecule is O=C(OCc1ccccc1)N1CCC(O)(C(=O)O[N+]2(O)C(=O)CCC2=O)C1. The standard InChI is InChI=1S/C17H19N2O8/c20-13-6-7-14(21)19(13,25)27-15(22)17(24)8-9-18(11-17)16(23)26-10-12-4-2-1-3-5-12/h1-5,24-25H,6-11H2/q+1. The lowest BCUT2D eigenvalue weighted by Gasteiger charge is -2.23. The van der Waals surface area contributed by atoms with Gasteiger partial charge in [-0.1, -0.05) is 30.3 Å². The molecule has 2 heterocycles. The van der Waals surface area contributed by atoms with E-state index in [1.165, 1.54) is 0 Å². The van der Waals surface area contributed by atoms with Crippen molar-refractivity contribution < 1.29 is 43.9 Å². The molecule has 10 nitrogen and oxygen atoms in total. The molecule has 0 bridgehead atoms. The number of imide groups is 1. The Labute approximate surface area is 154 Å². The summed E-state index contributed by atoms with van der Waals surface area (Å²) < 4.78 is 5.13. The van der Waals surface area contributed by atoms with Crippen molar-refractivity contribution in [2.24, 2.45) is 0 Å². The molecule has 27 heavy (non-hydrogen) atoms. The lowest BCUT2D eigenvalue weighted by atomic mass is 10.0. The highest BCUT2D eigenvalue weighted by Gasteiger charge is 2.59. The van der Waals surface area contributed by atoms with Crippen LogP contribution in [0.3, 0.4) is 0 Å². The number of likely N-dealkylation sites (tertiary alicyclic amines) is 1. The Morgan fingerprint density at radius 3 is 2.41 bits per heavy atom. The van der Waals surface area contributed by atoms with Gasteiger partial charge in [0.15, 0.2) is 5.60 Å². The van der Waals surface area contributed by atoms with Gasteiger partial charge in [0.25, 0.3) is 0 Å². The second kappa shape index (κ2) is 7.06. The molecule has 2 N–H and O–H groups in total. The summed E-state index contributed by atoms with van der Waals surface area (Å²) in [4.78, 5) is 51.2. The predicted octanol–water partition coefficient (Wildman–Crippen LogP) is 0.271. The molecule has 2 aliphatic heterocycles. The molecule has 2 fully saturated rings. The maximum Gasteiger partial charge on any atom is 0.410 e. The van der Waals surface area contributed by atoms with Crippen molar-refractivity contribution in [2.45, 2.75) is 31.5 Å². The van der Waals surface area contributed by atoms with E-state index in [4.69, 9.17) is 4.74 Å². The van der Waals surface area contributed by atoms with Gasteiger partial charge in [-0.2, -0.15) is 5.21 Å². The number of quaternary nitrogens is 1. The smallest absolute Gasteiger partial charge is 0.410 e. The van der Waals surface area contributed by atoms with Gasteiger partial charge in [-0.15, -0.1) is 0 Å². The van der Waals surface area contributed by atoms with E-state index in [-0.39, 0.29) is 32.4 Å². The van der Waals surface area contributed by atoms with E-state index in [1.54, 1.807) is 24.3 Å². The number of hydrogen-bond donors (Lipinski definition) is 2. The molecule has 3 rings (SSSR count). The number of aliphatic hydroxyl groups is 1. The number of amides is 3. The van der Waals surface area contributed by atoms with Crippen molar-refractivity contribution >= 4 is 23.9 Å². The van der Waals surface area contributed by atoms with Gasteiger partial charge in [0.05, 0.1) is 19.4 Å². The predicted molar refractivity (Wildman–Crippen MR) is 85.2 cm³/mol. The normalized spacial score (nSPS) is 24.1. The first-order chi connectivity index (χ1) is 12.7. The fourth-order valence-corrected chi connectivity index (χ4v) is 2.89. The van der Waals surface area contributed by atoms with Crippen molar-refractivity contribution in [3.63, 3.8) is 0 Å². The van der Waals surface area contributed by atoms with Gasteiger partial charge in [0.1, 0.15) is 11.4 Å².